The molecule has 0 aliphatic carbocycles. The summed E-state index contributed by atoms with van der Waals surface area (Å²) in [4.78, 5) is 15.3. The lowest BCUT2D eigenvalue weighted by molar-refractivity contribution is 1.08. The smallest absolute Gasteiger partial charge is 0.165 e. The van der Waals surface area contributed by atoms with Crippen LogP contribution >= 0.6 is 34.3 Å². The van der Waals surface area contributed by atoms with Gasteiger partial charge in [-0.15, -0.1) is 22.7 Å². The lowest BCUT2D eigenvalue weighted by atomic mass is 10.0. The highest BCUT2D eigenvalue weighted by Gasteiger charge is 2.20. The van der Waals surface area contributed by atoms with Crippen LogP contribution in [0, 0.1) is 0 Å². The van der Waals surface area contributed by atoms with Crippen molar-refractivity contribution in [1.82, 2.24) is 15.0 Å². The maximum absolute atomic E-state index is 6.83. The Morgan fingerprint density at radius 2 is 1.16 bits per heavy atom. The Morgan fingerprint density at radius 1 is 0.465 bits per heavy atom. The molecule has 0 radical (unpaired) electrons. The van der Waals surface area contributed by atoms with Gasteiger partial charge in [-0.1, -0.05) is 96.5 Å². The van der Waals surface area contributed by atoms with E-state index >= 15 is 0 Å². The van der Waals surface area contributed by atoms with E-state index in [-0.39, 0.29) is 0 Å². The summed E-state index contributed by atoms with van der Waals surface area (Å²) in [5.74, 6) is 1.90. The Kier molecular flexibility index (Phi) is 5.60. The fourth-order valence-electron chi connectivity index (χ4n) is 5.99. The molecule has 0 aliphatic rings. The predicted molar refractivity (Wildman–Crippen MR) is 184 cm³/mol. The van der Waals surface area contributed by atoms with E-state index in [1.165, 1.54) is 41.0 Å². The van der Waals surface area contributed by atoms with E-state index in [1.54, 1.807) is 22.7 Å². The van der Waals surface area contributed by atoms with Crippen molar-refractivity contribution < 1.29 is 0 Å². The van der Waals surface area contributed by atoms with Crippen molar-refractivity contribution in [2.75, 3.05) is 0 Å². The largest absolute Gasteiger partial charge is 0.208 e. The molecular formula is C37H20ClN3S2. The van der Waals surface area contributed by atoms with Crippen molar-refractivity contribution in [3.63, 3.8) is 0 Å². The molecule has 3 heterocycles. The molecule has 0 aliphatic heterocycles. The number of nitrogens with zero attached hydrogens (tertiary/aromatic N) is 3. The minimum absolute atomic E-state index is 0.615. The highest BCUT2D eigenvalue weighted by molar-refractivity contribution is 7.26. The first-order chi connectivity index (χ1) is 21.2. The Hall–Kier alpha value is -4.68. The molecule has 3 nitrogen and oxygen atoms in total. The van der Waals surface area contributed by atoms with Crippen LogP contribution < -0.4 is 0 Å². The Labute approximate surface area is 259 Å². The molecule has 9 rings (SSSR count). The van der Waals surface area contributed by atoms with E-state index in [0.717, 1.165) is 26.8 Å². The van der Waals surface area contributed by atoms with Gasteiger partial charge in [0.15, 0.2) is 17.5 Å². The highest BCUT2D eigenvalue weighted by atomic mass is 35.5. The zero-order chi connectivity index (χ0) is 28.5. The summed E-state index contributed by atoms with van der Waals surface area (Å²) in [6, 6.07) is 42.1. The first kappa shape index (κ1) is 24.9. The van der Waals surface area contributed by atoms with E-state index in [4.69, 9.17) is 26.6 Å². The van der Waals surface area contributed by atoms with Gasteiger partial charge >= 0.3 is 0 Å². The van der Waals surface area contributed by atoms with E-state index in [0.29, 0.717) is 22.5 Å². The minimum Gasteiger partial charge on any atom is -0.208 e. The predicted octanol–water partition coefficient (Wildman–Crippen LogP) is 11.4. The van der Waals surface area contributed by atoms with Crippen LogP contribution in [0.1, 0.15) is 0 Å². The molecule has 3 aromatic heterocycles. The molecule has 0 spiro atoms. The molecule has 0 saturated carbocycles. The monoisotopic (exact) mass is 605 g/mol. The van der Waals surface area contributed by atoms with Crippen molar-refractivity contribution in [3.8, 4) is 34.2 Å². The second kappa shape index (κ2) is 9.68. The van der Waals surface area contributed by atoms with Crippen molar-refractivity contribution in [2.24, 2.45) is 0 Å². The Morgan fingerprint density at radius 3 is 2.02 bits per heavy atom. The summed E-state index contributed by atoms with van der Waals surface area (Å²) < 4.78 is 4.79. The third-order valence-electron chi connectivity index (χ3n) is 7.96. The Bertz CT molecular complexity index is 2530. The quantitative estimate of drug-likeness (QED) is 0.201. The number of fused-ring (bicyclic) bond motifs is 7. The second-order valence-corrected chi connectivity index (χ2v) is 13.1. The first-order valence-electron chi connectivity index (χ1n) is 14.0. The van der Waals surface area contributed by atoms with Gasteiger partial charge in [-0.25, -0.2) is 15.0 Å². The van der Waals surface area contributed by atoms with Crippen LogP contribution in [0.2, 0.25) is 5.02 Å². The number of aromatic nitrogens is 3. The van der Waals surface area contributed by atoms with Crippen molar-refractivity contribution in [1.29, 1.82) is 0 Å². The normalized spacial score (nSPS) is 11.8. The summed E-state index contributed by atoms with van der Waals surface area (Å²) >= 11 is 10.4. The van der Waals surface area contributed by atoms with Gasteiger partial charge in [0.2, 0.25) is 0 Å². The second-order valence-electron chi connectivity index (χ2n) is 10.6. The van der Waals surface area contributed by atoms with Gasteiger partial charge in [0.1, 0.15) is 0 Å². The molecule has 0 saturated heterocycles. The topological polar surface area (TPSA) is 38.7 Å². The first-order valence-corrected chi connectivity index (χ1v) is 16.0. The summed E-state index contributed by atoms with van der Waals surface area (Å²) in [5, 5.41) is 7.77. The zero-order valence-electron chi connectivity index (χ0n) is 22.6. The van der Waals surface area contributed by atoms with Crippen LogP contribution in [-0.2, 0) is 0 Å². The number of hydrogen-bond donors (Lipinski definition) is 0. The minimum atomic E-state index is 0.615. The molecule has 43 heavy (non-hydrogen) atoms. The van der Waals surface area contributed by atoms with E-state index in [2.05, 4.69) is 84.9 Å². The fourth-order valence-corrected chi connectivity index (χ4v) is 8.56. The van der Waals surface area contributed by atoms with Crippen molar-refractivity contribution in [3.05, 3.63) is 126 Å². The number of hydrogen-bond acceptors (Lipinski definition) is 5. The van der Waals surface area contributed by atoms with Crippen LogP contribution in [0.5, 0.6) is 0 Å². The zero-order valence-corrected chi connectivity index (χ0v) is 25.0. The molecule has 6 heteroatoms. The Balaban J connectivity index is 1.35. The van der Waals surface area contributed by atoms with E-state index in [9.17, 15) is 0 Å². The third-order valence-corrected chi connectivity index (χ3v) is 10.5. The molecule has 0 N–H and O–H groups in total. The van der Waals surface area contributed by atoms with Crippen LogP contribution in [0.4, 0.5) is 0 Å². The van der Waals surface area contributed by atoms with Crippen LogP contribution in [-0.4, -0.2) is 15.0 Å². The van der Waals surface area contributed by atoms with Crippen molar-refractivity contribution in [2.45, 2.75) is 0 Å². The van der Waals surface area contributed by atoms with Crippen LogP contribution in [0.3, 0.4) is 0 Å². The molecule has 0 amide bonds. The van der Waals surface area contributed by atoms with Crippen LogP contribution in [0.25, 0.3) is 85.3 Å². The molecule has 202 valence electrons. The fraction of sp³-hybridized carbons (Fsp3) is 0. The molecule has 0 unspecified atom stereocenters. The molecule has 6 aromatic carbocycles. The maximum Gasteiger partial charge on any atom is 0.165 e. The molecule has 9 aromatic rings. The summed E-state index contributed by atoms with van der Waals surface area (Å²) in [6.45, 7) is 0. The SMILES string of the molecule is Clc1cc(-c2nc(-c3ccccc3)nc(-c3cccc4sc5ccccc5c34)n2)c2sc3cc4ccccc4cc3c2c1. The summed E-state index contributed by atoms with van der Waals surface area (Å²) in [7, 11) is 0. The standard InChI is InChI=1S/C37H20ClN3S2/c38-24-19-28-27-17-22-11-4-5-12-23(22)18-32(27)43-34(28)29(20-24)37-40-35(21-9-2-1-3-10-21)39-36(41-37)26-14-8-16-31-33(26)25-13-6-7-15-30(25)42-31/h1-20H. The lowest BCUT2D eigenvalue weighted by Gasteiger charge is -2.10. The van der Waals surface area contributed by atoms with E-state index < -0.39 is 0 Å². The average molecular weight is 606 g/mol. The van der Waals surface area contributed by atoms with Gasteiger partial charge in [0.05, 0.1) is 0 Å². The third kappa shape index (κ3) is 4.04. The summed E-state index contributed by atoms with van der Waals surface area (Å²) in [6.07, 6.45) is 0. The number of rotatable bonds is 3. The van der Waals surface area contributed by atoms with Gasteiger partial charge in [0, 0.05) is 62.1 Å². The van der Waals surface area contributed by atoms with Gasteiger partial charge in [-0.05, 0) is 47.2 Å². The maximum atomic E-state index is 6.83. The molecule has 0 fully saturated rings. The number of halogens is 1. The average Bonchev–Trinajstić information content (AvgIpc) is 3.61. The van der Waals surface area contributed by atoms with Gasteiger partial charge in [-0.3, -0.25) is 0 Å². The van der Waals surface area contributed by atoms with Gasteiger partial charge in [0.25, 0.3) is 0 Å². The number of thiophene rings is 2. The number of benzene rings is 6. The molecular weight excluding hydrogens is 586 g/mol. The summed E-state index contributed by atoms with van der Waals surface area (Å²) in [5.41, 5.74) is 2.85. The van der Waals surface area contributed by atoms with Gasteiger partial charge in [-0.2, -0.15) is 0 Å². The van der Waals surface area contributed by atoms with Crippen molar-refractivity contribution >= 4 is 85.4 Å². The van der Waals surface area contributed by atoms with Crippen LogP contribution in [0.15, 0.2) is 121 Å². The highest BCUT2D eigenvalue weighted by Crippen LogP contribution is 2.44. The molecule has 0 bridgehead atoms. The van der Waals surface area contributed by atoms with E-state index in [1.807, 2.05) is 36.4 Å². The van der Waals surface area contributed by atoms with Gasteiger partial charge < -0.3 is 0 Å². The lowest BCUT2D eigenvalue weighted by Crippen LogP contribution is -2.00. The molecule has 0 atom stereocenters.